The fraction of sp³-hybridized carbons (Fsp3) is 0.0312. The van der Waals surface area contributed by atoms with E-state index in [1.54, 1.807) is 24.5 Å². The van der Waals surface area contributed by atoms with E-state index in [-0.39, 0.29) is 20.1 Å². The molecule has 199 valence electrons. The molecule has 7 nitrogen and oxygen atoms in total. The largest absolute Gasteiger partial charge is 0.504 e. The molecule has 0 atom stereocenters. The number of hydrogen-bond donors (Lipinski definition) is 0. The van der Waals surface area contributed by atoms with Crippen LogP contribution >= 0.6 is 0 Å². The molecule has 0 bridgehead atoms. The third-order valence-electron chi connectivity index (χ3n) is 6.33. The summed E-state index contributed by atoms with van der Waals surface area (Å²) >= 11 is 0. The molecule has 1 aromatic heterocycles. The maximum Gasteiger partial charge on any atom is 0.145 e. The molecule has 2 aliphatic rings. The summed E-state index contributed by atoms with van der Waals surface area (Å²) < 4.78 is 0. The van der Waals surface area contributed by atoms with Crippen LogP contribution in [0, 0.1) is 36.8 Å². The van der Waals surface area contributed by atoms with Crippen LogP contribution < -0.4 is 19.6 Å². The first-order valence-corrected chi connectivity index (χ1v) is 12.4. The first-order chi connectivity index (χ1) is 19.2. The normalized spacial score (nSPS) is 13.0. The van der Waals surface area contributed by atoms with E-state index in [0.717, 1.165) is 40.1 Å². The number of benzene rings is 4. The number of aromatic nitrogens is 2. The Morgan fingerprint density at radius 3 is 2.05 bits per heavy atom. The monoisotopic (exact) mass is 698 g/mol. The van der Waals surface area contributed by atoms with Crippen LogP contribution in [0.4, 0.5) is 40.1 Å². The van der Waals surface area contributed by atoms with Gasteiger partial charge >= 0.3 is 0 Å². The first kappa shape index (κ1) is 26.9. The van der Waals surface area contributed by atoms with Gasteiger partial charge in [-0.1, -0.05) is 35.9 Å². The molecule has 0 saturated carbocycles. The van der Waals surface area contributed by atoms with Crippen molar-refractivity contribution < 1.29 is 20.1 Å². The molecule has 5 aromatic rings. The average Bonchev–Trinajstić information content (AvgIpc) is 3.57. The van der Waals surface area contributed by atoms with Gasteiger partial charge in [-0.3, -0.25) is 0 Å². The molecule has 0 fully saturated rings. The summed E-state index contributed by atoms with van der Waals surface area (Å²) in [5.41, 5.74) is 5.84. The van der Waals surface area contributed by atoms with Gasteiger partial charge in [-0.2, -0.15) is 55.2 Å². The van der Waals surface area contributed by atoms with Gasteiger partial charge in [0.1, 0.15) is 11.6 Å². The maximum atomic E-state index is 8.79. The van der Waals surface area contributed by atoms with Crippen LogP contribution in [-0.4, -0.2) is 17.0 Å². The zero-order valence-electron chi connectivity index (χ0n) is 21.5. The van der Waals surface area contributed by atoms with E-state index in [9.17, 15) is 0 Å². The predicted molar refractivity (Wildman–Crippen MR) is 154 cm³/mol. The van der Waals surface area contributed by atoms with Crippen LogP contribution in [0.5, 0.6) is 0 Å². The second-order valence-corrected chi connectivity index (χ2v) is 8.80. The number of anilines is 7. The van der Waals surface area contributed by atoms with Crippen LogP contribution in [-0.2, 0) is 20.1 Å². The Hall–Kier alpha value is -4.70. The molecule has 0 amide bonds. The van der Waals surface area contributed by atoms with Crippen molar-refractivity contribution in [2.24, 2.45) is 0 Å². The number of nitriles is 1. The van der Waals surface area contributed by atoms with Gasteiger partial charge in [0.25, 0.3) is 0 Å². The van der Waals surface area contributed by atoms with E-state index in [4.69, 9.17) is 5.26 Å². The zero-order chi connectivity index (χ0) is 26.6. The van der Waals surface area contributed by atoms with Crippen LogP contribution in [0.3, 0.4) is 0 Å². The van der Waals surface area contributed by atoms with Gasteiger partial charge in [0.05, 0.1) is 0 Å². The van der Waals surface area contributed by atoms with Crippen LogP contribution in [0.2, 0.25) is 0 Å². The van der Waals surface area contributed by atoms with Crippen LogP contribution in [0.1, 0.15) is 5.56 Å². The molecule has 0 spiro atoms. The van der Waals surface area contributed by atoms with E-state index in [1.807, 2.05) is 103 Å². The molecule has 0 unspecified atom stereocenters. The Balaban J connectivity index is 0.000000159. The number of nitrogens with zero attached hydrogens (tertiary/aromatic N) is 7. The Morgan fingerprint density at radius 2 is 1.38 bits per heavy atom. The van der Waals surface area contributed by atoms with Crippen molar-refractivity contribution in [3.63, 3.8) is 0 Å². The molecule has 0 saturated heterocycles. The Labute approximate surface area is 247 Å². The second-order valence-electron chi connectivity index (χ2n) is 8.80. The number of hydrogen-bond acceptors (Lipinski definition) is 7. The van der Waals surface area contributed by atoms with Gasteiger partial charge in [0, 0.05) is 55.6 Å². The van der Waals surface area contributed by atoms with Crippen molar-refractivity contribution in [3.05, 3.63) is 140 Å². The van der Waals surface area contributed by atoms with Gasteiger partial charge in [-0.15, -0.1) is 24.1 Å². The first-order valence-electron chi connectivity index (χ1n) is 12.4. The smallest absolute Gasteiger partial charge is 0.145 e. The van der Waals surface area contributed by atoms with Crippen molar-refractivity contribution >= 4 is 40.1 Å². The Bertz CT molecular complexity index is 1540. The third kappa shape index (κ3) is 5.26. The molecular weight excluding hydrogens is 675 g/mol. The summed E-state index contributed by atoms with van der Waals surface area (Å²) in [6, 6.07) is 40.0. The number of fused-ring (bicyclic) bond motifs is 2. The molecule has 1 radical (unpaired) electrons. The molecule has 4 aromatic carbocycles. The molecule has 0 N–H and O–H groups in total. The van der Waals surface area contributed by atoms with E-state index in [2.05, 4.69) is 50.1 Å². The maximum absolute atomic E-state index is 8.79. The standard InChI is InChI=1S/C17H12N4.C15H11N3.Ir/c1-3-7-14(8-4-1)20-13-21(15-9-5-2-6-10-15)17-16(20)18-11-12-19-17;1-17-11-18(15-5-3-2-4-14(15)17)13-8-6-12(10-16)7-9-13;/h1-9,11-13H;2-8,11H,1H3;/q2*-2;. The zero-order valence-corrected chi connectivity index (χ0v) is 23.9. The van der Waals surface area contributed by atoms with Crippen LogP contribution in [0.15, 0.2) is 109 Å². The summed E-state index contributed by atoms with van der Waals surface area (Å²) in [5, 5.41) is 8.79. The van der Waals surface area contributed by atoms with Gasteiger partial charge in [0.2, 0.25) is 0 Å². The molecule has 8 heteroatoms. The fourth-order valence-corrected chi connectivity index (χ4v) is 4.47. The van der Waals surface area contributed by atoms with Crippen molar-refractivity contribution in [3.8, 4) is 6.07 Å². The van der Waals surface area contributed by atoms with Gasteiger partial charge in [-0.05, 0) is 31.3 Å². The molecular formula is C32H23IrN7-4. The molecule has 7 rings (SSSR count). The van der Waals surface area contributed by atoms with Crippen molar-refractivity contribution in [1.29, 1.82) is 5.26 Å². The van der Waals surface area contributed by atoms with E-state index in [0.29, 0.717) is 5.56 Å². The minimum Gasteiger partial charge on any atom is -0.504 e. The molecule has 3 heterocycles. The quantitative estimate of drug-likeness (QED) is 0.194. The predicted octanol–water partition coefficient (Wildman–Crippen LogP) is 6.75. The third-order valence-corrected chi connectivity index (χ3v) is 6.33. The summed E-state index contributed by atoms with van der Waals surface area (Å²) in [5.74, 6) is 1.63. The van der Waals surface area contributed by atoms with E-state index in [1.165, 1.54) is 0 Å². The summed E-state index contributed by atoms with van der Waals surface area (Å²) in [6.45, 7) is 4.01. The molecule has 0 aliphatic carbocycles. The number of rotatable bonds is 3. The molecule has 40 heavy (non-hydrogen) atoms. The SMILES string of the molecule is CN1[CH-]N(c2[c-]cc(C#N)cc2)c2ccccc21.[Ir].[c-]1ccccc1N1[CH-]N(c2ccccc2)c2nccnc21. The average molecular weight is 698 g/mol. The van der Waals surface area contributed by atoms with Crippen molar-refractivity contribution in [2.75, 3.05) is 26.6 Å². The van der Waals surface area contributed by atoms with E-state index < -0.39 is 0 Å². The van der Waals surface area contributed by atoms with Gasteiger partial charge < -0.3 is 19.6 Å². The van der Waals surface area contributed by atoms with Crippen molar-refractivity contribution in [1.82, 2.24) is 9.97 Å². The van der Waals surface area contributed by atoms with Crippen LogP contribution in [0.25, 0.3) is 0 Å². The summed E-state index contributed by atoms with van der Waals surface area (Å²) in [7, 11) is 2.02. The minimum atomic E-state index is 0. The van der Waals surface area contributed by atoms with Crippen molar-refractivity contribution in [2.45, 2.75) is 0 Å². The Kier molecular flexibility index (Phi) is 8.07. The summed E-state index contributed by atoms with van der Waals surface area (Å²) in [6.07, 6.45) is 3.41. The minimum absolute atomic E-state index is 0. The van der Waals surface area contributed by atoms with Gasteiger partial charge in [-0.25, -0.2) is 15.2 Å². The van der Waals surface area contributed by atoms with Gasteiger partial charge in [0.15, 0.2) is 0 Å². The summed E-state index contributed by atoms with van der Waals surface area (Å²) in [4.78, 5) is 17.1. The topological polar surface area (TPSA) is 62.5 Å². The Morgan fingerprint density at radius 1 is 0.700 bits per heavy atom. The molecule has 2 aliphatic heterocycles. The second kappa shape index (κ2) is 12.0. The van der Waals surface area contributed by atoms with E-state index >= 15 is 0 Å². The fourth-order valence-electron chi connectivity index (χ4n) is 4.47. The number of para-hydroxylation sites is 4.